The van der Waals surface area contributed by atoms with Gasteiger partial charge in [-0.25, -0.2) is 13.8 Å². The van der Waals surface area contributed by atoms with Crippen molar-refractivity contribution in [2.45, 2.75) is 0 Å². The lowest BCUT2D eigenvalue weighted by Crippen LogP contribution is -2.15. The van der Waals surface area contributed by atoms with E-state index in [1.165, 1.54) is 13.3 Å². The van der Waals surface area contributed by atoms with Crippen molar-refractivity contribution in [3.8, 4) is 5.88 Å². The quantitative estimate of drug-likeness (QED) is 0.661. The van der Waals surface area contributed by atoms with E-state index >= 15 is 0 Å². The van der Waals surface area contributed by atoms with Gasteiger partial charge in [0.15, 0.2) is 0 Å². The average molecular weight is 263 g/mol. The lowest BCUT2D eigenvalue weighted by atomic mass is 10.2. The lowest BCUT2D eigenvalue weighted by Gasteiger charge is -2.11. The van der Waals surface area contributed by atoms with Crippen molar-refractivity contribution in [2.24, 2.45) is 0 Å². The Morgan fingerprint density at radius 2 is 2.11 bits per heavy atom. The second-order valence-corrected chi connectivity index (χ2v) is 3.68. The summed E-state index contributed by atoms with van der Waals surface area (Å²) in [5.74, 6) is -1.13. The Morgan fingerprint density at radius 1 is 1.32 bits per heavy atom. The van der Waals surface area contributed by atoms with Crippen LogP contribution in [-0.4, -0.2) is 17.9 Å². The van der Waals surface area contributed by atoms with Crippen molar-refractivity contribution in [1.29, 1.82) is 5.41 Å². The van der Waals surface area contributed by atoms with Crippen molar-refractivity contribution < 1.29 is 13.5 Å². The Labute approximate surface area is 108 Å². The topological polar surface area (TPSA) is 58.0 Å². The van der Waals surface area contributed by atoms with Gasteiger partial charge < -0.3 is 10.1 Å². The van der Waals surface area contributed by atoms with Crippen LogP contribution >= 0.6 is 0 Å². The fourth-order valence-electron chi connectivity index (χ4n) is 1.54. The van der Waals surface area contributed by atoms with Gasteiger partial charge in [0.25, 0.3) is 0 Å². The molecule has 0 fully saturated rings. The summed E-state index contributed by atoms with van der Waals surface area (Å²) in [7, 11) is 1.42. The van der Waals surface area contributed by atoms with Gasteiger partial charge in [-0.15, -0.1) is 0 Å². The molecule has 4 nitrogen and oxygen atoms in total. The predicted octanol–water partition coefficient (Wildman–Crippen LogP) is 2.81. The number of pyridine rings is 1. The highest BCUT2D eigenvalue weighted by Crippen LogP contribution is 2.19. The smallest absolute Gasteiger partial charge is 0.224 e. The van der Waals surface area contributed by atoms with Crippen molar-refractivity contribution in [3.05, 3.63) is 53.7 Å². The van der Waals surface area contributed by atoms with E-state index in [1.807, 2.05) is 0 Å². The van der Waals surface area contributed by atoms with Gasteiger partial charge >= 0.3 is 0 Å². The van der Waals surface area contributed by atoms with E-state index in [2.05, 4.69) is 10.3 Å². The standard InChI is InChI=1S/C13H11F2N3O/c1-19-13-9(3-2-6-17-13)12(16)18-11-7-8(14)4-5-10(11)15/h2-7H,1H3,(H2,16,18). The Balaban J connectivity index is 2.28. The molecule has 0 spiro atoms. The monoisotopic (exact) mass is 263 g/mol. The number of aromatic nitrogens is 1. The molecule has 19 heavy (non-hydrogen) atoms. The van der Waals surface area contributed by atoms with E-state index in [1.54, 1.807) is 12.1 Å². The Kier molecular flexibility index (Phi) is 3.70. The number of methoxy groups -OCH3 is 1. The van der Waals surface area contributed by atoms with Crippen LogP contribution in [0.2, 0.25) is 0 Å². The maximum absolute atomic E-state index is 13.5. The number of halogens is 2. The molecular weight excluding hydrogens is 252 g/mol. The van der Waals surface area contributed by atoms with Gasteiger partial charge in [-0.1, -0.05) is 0 Å². The maximum atomic E-state index is 13.5. The minimum atomic E-state index is -0.644. The summed E-state index contributed by atoms with van der Waals surface area (Å²) in [6.07, 6.45) is 1.51. The van der Waals surface area contributed by atoms with Crippen LogP contribution in [0.5, 0.6) is 5.88 Å². The van der Waals surface area contributed by atoms with Crippen LogP contribution in [-0.2, 0) is 0 Å². The fourth-order valence-corrected chi connectivity index (χ4v) is 1.54. The number of anilines is 1. The summed E-state index contributed by atoms with van der Waals surface area (Å²) < 4.78 is 31.5. The molecule has 0 aliphatic heterocycles. The predicted molar refractivity (Wildman–Crippen MR) is 67.6 cm³/mol. The van der Waals surface area contributed by atoms with E-state index in [0.717, 1.165) is 18.2 Å². The first-order valence-electron chi connectivity index (χ1n) is 5.42. The van der Waals surface area contributed by atoms with Crippen LogP contribution in [0.4, 0.5) is 14.5 Å². The second kappa shape index (κ2) is 5.43. The lowest BCUT2D eigenvalue weighted by molar-refractivity contribution is 0.397. The third-order valence-corrected chi connectivity index (χ3v) is 2.42. The number of nitrogens with one attached hydrogen (secondary N) is 2. The Bertz CT molecular complexity index is 617. The third-order valence-electron chi connectivity index (χ3n) is 2.42. The first-order chi connectivity index (χ1) is 9.11. The summed E-state index contributed by atoms with van der Waals surface area (Å²) in [5.41, 5.74) is 0.240. The zero-order valence-corrected chi connectivity index (χ0v) is 10.1. The van der Waals surface area contributed by atoms with Gasteiger partial charge in [0.1, 0.15) is 17.5 Å². The highest BCUT2D eigenvalue weighted by atomic mass is 19.1. The van der Waals surface area contributed by atoms with E-state index in [0.29, 0.717) is 5.56 Å². The van der Waals surface area contributed by atoms with Crippen LogP contribution < -0.4 is 10.1 Å². The minimum absolute atomic E-state index is 0.115. The molecule has 2 rings (SSSR count). The normalized spacial score (nSPS) is 10.1. The maximum Gasteiger partial charge on any atom is 0.224 e. The second-order valence-electron chi connectivity index (χ2n) is 3.68. The molecule has 6 heteroatoms. The molecule has 2 aromatic rings. The molecule has 0 saturated carbocycles. The summed E-state index contributed by atoms with van der Waals surface area (Å²) in [5, 5.41) is 10.3. The van der Waals surface area contributed by atoms with Crippen molar-refractivity contribution >= 4 is 11.5 Å². The third kappa shape index (κ3) is 2.85. The number of nitrogens with zero attached hydrogens (tertiary/aromatic N) is 1. The summed E-state index contributed by atoms with van der Waals surface area (Å²) in [4.78, 5) is 3.93. The molecule has 98 valence electrons. The van der Waals surface area contributed by atoms with E-state index in [9.17, 15) is 8.78 Å². The Morgan fingerprint density at radius 3 is 2.84 bits per heavy atom. The SMILES string of the molecule is COc1ncccc1C(=N)Nc1cc(F)ccc1F. The van der Waals surface area contributed by atoms with Gasteiger partial charge in [-0.2, -0.15) is 0 Å². The van der Waals surface area contributed by atoms with Crippen LogP contribution in [0.15, 0.2) is 36.5 Å². The number of hydrogen-bond acceptors (Lipinski definition) is 3. The van der Waals surface area contributed by atoms with Crippen molar-refractivity contribution in [3.63, 3.8) is 0 Å². The number of benzene rings is 1. The summed E-state index contributed by atoms with van der Waals surface area (Å²) >= 11 is 0. The van der Waals surface area contributed by atoms with Gasteiger partial charge in [0.05, 0.1) is 18.4 Å². The molecule has 0 amide bonds. The highest BCUT2D eigenvalue weighted by molar-refractivity contribution is 6.07. The van der Waals surface area contributed by atoms with Gasteiger partial charge in [0, 0.05) is 12.3 Å². The average Bonchev–Trinajstić information content (AvgIpc) is 2.42. The molecule has 2 N–H and O–H groups in total. The summed E-state index contributed by atoms with van der Waals surface area (Å²) in [6.45, 7) is 0. The van der Waals surface area contributed by atoms with Crippen LogP contribution in [0.3, 0.4) is 0 Å². The van der Waals surface area contributed by atoms with Crippen molar-refractivity contribution in [1.82, 2.24) is 4.98 Å². The van der Waals surface area contributed by atoms with Gasteiger partial charge in [-0.3, -0.25) is 5.41 Å². The number of rotatable bonds is 3. The highest BCUT2D eigenvalue weighted by Gasteiger charge is 2.12. The molecule has 0 aliphatic rings. The van der Waals surface area contributed by atoms with Crippen LogP contribution in [0, 0.1) is 17.0 Å². The zero-order valence-electron chi connectivity index (χ0n) is 10.1. The molecule has 1 aromatic carbocycles. The van der Waals surface area contributed by atoms with E-state index < -0.39 is 11.6 Å². The largest absolute Gasteiger partial charge is 0.480 e. The molecule has 0 saturated heterocycles. The summed E-state index contributed by atoms with van der Waals surface area (Å²) in [6, 6.07) is 6.20. The van der Waals surface area contributed by atoms with Crippen LogP contribution in [0.25, 0.3) is 0 Å². The van der Waals surface area contributed by atoms with Crippen molar-refractivity contribution in [2.75, 3.05) is 12.4 Å². The number of ether oxygens (including phenoxy) is 1. The number of hydrogen-bond donors (Lipinski definition) is 2. The molecule has 1 heterocycles. The zero-order chi connectivity index (χ0) is 13.8. The molecular formula is C13H11F2N3O. The number of amidine groups is 1. The first kappa shape index (κ1) is 12.9. The fraction of sp³-hybridized carbons (Fsp3) is 0.0769. The molecule has 0 bridgehead atoms. The first-order valence-corrected chi connectivity index (χ1v) is 5.42. The molecule has 0 atom stereocenters. The van der Waals surface area contributed by atoms with E-state index in [4.69, 9.17) is 10.1 Å². The molecule has 1 aromatic heterocycles. The molecule has 0 unspecified atom stereocenters. The Hall–Kier alpha value is -2.50. The molecule has 0 aliphatic carbocycles. The van der Waals surface area contributed by atoms with Gasteiger partial charge in [-0.05, 0) is 24.3 Å². The minimum Gasteiger partial charge on any atom is -0.480 e. The van der Waals surface area contributed by atoms with Crippen LogP contribution in [0.1, 0.15) is 5.56 Å². The van der Waals surface area contributed by atoms with E-state index in [-0.39, 0.29) is 17.4 Å². The molecule has 0 radical (unpaired) electrons. The van der Waals surface area contributed by atoms with Gasteiger partial charge in [0.2, 0.25) is 5.88 Å².